The Labute approximate surface area is 141 Å². The maximum atomic E-state index is 10.9. The number of nitrogens with one attached hydrogen (secondary N) is 1. The van der Waals surface area contributed by atoms with Crippen LogP contribution in [0, 0.1) is 29.9 Å². The van der Waals surface area contributed by atoms with Crippen LogP contribution in [-0.4, -0.2) is 4.92 Å². The average Bonchev–Trinajstić information content (AvgIpc) is 3.07. The van der Waals surface area contributed by atoms with E-state index < -0.39 is 0 Å². The van der Waals surface area contributed by atoms with E-state index in [4.69, 9.17) is 0 Å². The normalized spacial score (nSPS) is 24.2. The smallest absolute Gasteiger partial charge is 0.269 e. The van der Waals surface area contributed by atoms with Crippen molar-refractivity contribution in [3.63, 3.8) is 0 Å². The second-order valence-electron chi connectivity index (χ2n) is 6.81. The SMILES string of the molecule is Cc1ccc(C)c2c1N[C@@H](c1ccc([N+](=O)[O-])cc1)[C@H]1CC=C[C@H]21. The summed E-state index contributed by atoms with van der Waals surface area (Å²) in [6.07, 6.45) is 5.63. The second-order valence-corrected chi connectivity index (χ2v) is 6.81. The van der Waals surface area contributed by atoms with Crippen molar-refractivity contribution in [2.24, 2.45) is 5.92 Å². The van der Waals surface area contributed by atoms with Crippen LogP contribution in [-0.2, 0) is 0 Å². The van der Waals surface area contributed by atoms with Gasteiger partial charge >= 0.3 is 0 Å². The molecular formula is C20H20N2O2. The molecule has 4 heteroatoms. The monoisotopic (exact) mass is 320 g/mol. The summed E-state index contributed by atoms with van der Waals surface area (Å²) in [7, 11) is 0. The Morgan fingerprint density at radius 2 is 1.79 bits per heavy atom. The van der Waals surface area contributed by atoms with Gasteiger partial charge in [0, 0.05) is 23.7 Å². The fourth-order valence-corrected chi connectivity index (χ4v) is 4.18. The first-order valence-corrected chi connectivity index (χ1v) is 8.34. The largest absolute Gasteiger partial charge is 0.377 e. The molecular weight excluding hydrogens is 300 g/mol. The lowest BCUT2D eigenvalue weighted by Crippen LogP contribution is -2.30. The van der Waals surface area contributed by atoms with E-state index in [1.807, 2.05) is 12.1 Å². The summed E-state index contributed by atoms with van der Waals surface area (Å²) in [6, 6.07) is 11.5. The highest BCUT2D eigenvalue weighted by Crippen LogP contribution is 2.51. The predicted octanol–water partition coefficient (Wildman–Crippen LogP) is 5.04. The number of hydrogen-bond donors (Lipinski definition) is 1. The number of nitro benzene ring substituents is 1. The van der Waals surface area contributed by atoms with E-state index in [1.165, 1.54) is 22.4 Å². The van der Waals surface area contributed by atoms with Crippen LogP contribution in [0.5, 0.6) is 0 Å². The summed E-state index contributed by atoms with van der Waals surface area (Å²) in [5.41, 5.74) is 6.47. The molecule has 0 amide bonds. The molecule has 1 aliphatic heterocycles. The molecule has 0 saturated heterocycles. The molecule has 3 atom stereocenters. The van der Waals surface area contributed by atoms with E-state index in [0.29, 0.717) is 11.8 Å². The lowest BCUT2D eigenvalue weighted by molar-refractivity contribution is -0.384. The van der Waals surface area contributed by atoms with Crippen molar-refractivity contribution in [3.8, 4) is 0 Å². The maximum absolute atomic E-state index is 10.9. The Hall–Kier alpha value is -2.62. The molecule has 0 fully saturated rings. The quantitative estimate of drug-likeness (QED) is 0.479. The first-order valence-electron chi connectivity index (χ1n) is 8.34. The maximum Gasteiger partial charge on any atom is 0.269 e. The average molecular weight is 320 g/mol. The zero-order chi connectivity index (χ0) is 16.8. The van der Waals surface area contributed by atoms with Gasteiger partial charge in [-0.05, 0) is 48.4 Å². The molecule has 0 bridgehead atoms. The molecule has 0 aromatic heterocycles. The van der Waals surface area contributed by atoms with Crippen molar-refractivity contribution >= 4 is 11.4 Å². The van der Waals surface area contributed by atoms with Crippen molar-refractivity contribution in [2.75, 3.05) is 5.32 Å². The molecule has 0 spiro atoms. The van der Waals surface area contributed by atoms with Gasteiger partial charge in [0.05, 0.1) is 11.0 Å². The van der Waals surface area contributed by atoms with E-state index in [0.717, 1.165) is 12.0 Å². The molecule has 1 heterocycles. The van der Waals surface area contributed by atoms with Crippen LogP contribution in [0.4, 0.5) is 11.4 Å². The number of anilines is 1. The summed E-state index contributed by atoms with van der Waals surface area (Å²) in [5.74, 6) is 0.876. The van der Waals surface area contributed by atoms with Gasteiger partial charge in [-0.2, -0.15) is 0 Å². The fraction of sp³-hybridized carbons (Fsp3) is 0.300. The standard InChI is InChI=1S/C20H20N2O2/c1-12-6-7-13(2)19-18(12)16-4-3-5-17(16)20(21-19)14-8-10-15(11-9-14)22(23)24/h3-4,6-11,16-17,20-21H,5H2,1-2H3/t16-,17-,20-/m0/s1. The first kappa shape index (κ1) is 14.9. The molecule has 4 rings (SSSR count). The van der Waals surface area contributed by atoms with Crippen molar-refractivity contribution in [1.29, 1.82) is 0 Å². The van der Waals surface area contributed by atoms with Crippen LogP contribution in [0.3, 0.4) is 0 Å². The summed E-state index contributed by atoms with van der Waals surface area (Å²) >= 11 is 0. The third-order valence-corrected chi connectivity index (χ3v) is 5.41. The minimum absolute atomic E-state index is 0.142. The zero-order valence-electron chi connectivity index (χ0n) is 13.8. The molecule has 2 aromatic carbocycles. The topological polar surface area (TPSA) is 55.2 Å². The minimum atomic E-state index is -0.346. The molecule has 1 N–H and O–H groups in total. The van der Waals surface area contributed by atoms with Gasteiger partial charge in [0.2, 0.25) is 0 Å². The number of aryl methyl sites for hydroxylation is 2. The van der Waals surface area contributed by atoms with Crippen LogP contribution in [0.1, 0.15) is 40.6 Å². The van der Waals surface area contributed by atoms with Crippen molar-refractivity contribution in [2.45, 2.75) is 32.2 Å². The minimum Gasteiger partial charge on any atom is -0.377 e. The Bertz CT molecular complexity index is 839. The summed E-state index contributed by atoms with van der Waals surface area (Å²) in [6.45, 7) is 4.31. The highest BCUT2D eigenvalue weighted by molar-refractivity contribution is 5.66. The van der Waals surface area contributed by atoms with E-state index in [1.54, 1.807) is 12.1 Å². The Kier molecular flexibility index (Phi) is 3.41. The van der Waals surface area contributed by atoms with E-state index in [9.17, 15) is 10.1 Å². The van der Waals surface area contributed by atoms with Gasteiger partial charge in [0.15, 0.2) is 0 Å². The van der Waals surface area contributed by atoms with Crippen LogP contribution in [0.2, 0.25) is 0 Å². The molecule has 0 radical (unpaired) electrons. The van der Waals surface area contributed by atoms with Crippen molar-refractivity contribution in [3.05, 3.63) is 80.9 Å². The molecule has 1 aliphatic carbocycles. The van der Waals surface area contributed by atoms with Gasteiger partial charge in [-0.15, -0.1) is 0 Å². The Morgan fingerprint density at radius 1 is 1.08 bits per heavy atom. The van der Waals surface area contributed by atoms with E-state index in [2.05, 4.69) is 43.4 Å². The summed E-state index contributed by atoms with van der Waals surface area (Å²) in [4.78, 5) is 10.6. The first-order chi connectivity index (χ1) is 11.6. The highest BCUT2D eigenvalue weighted by atomic mass is 16.6. The molecule has 2 aliphatic rings. The Balaban J connectivity index is 1.78. The molecule has 24 heavy (non-hydrogen) atoms. The fourth-order valence-electron chi connectivity index (χ4n) is 4.18. The number of nitrogens with zero attached hydrogens (tertiary/aromatic N) is 1. The molecule has 122 valence electrons. The summed E-state index contributed by atoms with van der Waals surface area (Å²) < 4.78 is 0. The van der Waals surface area contributed by atoms with Crippen LogP contribution < -0.4 is 5.32 Å². The van der Waals surface area contributed by atoms with Gasteiger partial charge in [0.25, 0.3) is 5.69 Å². The molecule has 0 unspecified atom stereocenters. The van der Waals surface area contributed by atoms with Crippen LogP contribution in [0.15, 0.2) is 48.6 Å². The van der Waals surface area contributed by atoms with Gasteiger partial charge in [-0.1, -0.05) is 36.4 Å². The number of hydrogen-bond acceptors (Lipinski definition) is 3. The number of allylic oxidation sites excluding steroid dienone is 2. The zero-order valence-corrected chi connectivity index (χ0v) is 13.8. The second kappa shape index (κ2) is 5.48. The molecule has 2 aromatic rings. The highest BCUT2D eigenvalue weighted by Gasteiger charge is 2.39. The van der Waals surface area contributed by atoms with Crippen molar-refractivity contribution in [1.82, 2.24) is 0 Å². The van der Waals surface area contributed by atoms with Gasteiger partial charge in [-0.3, -0.25) is 10.1 Å². The molecule has 0 saturated carbocycles. The number of rotatable bonds is 2. The van der Waals surface area contributed by atoms with Gasteiger partial charge in [-0.25, -0.2) is 0 Å². The lowest BCUT2D eigenvalue weighted by atomic mass is 9.75. The number of nitro groups is 1. The predicted molar refractivity (Wildman–Crippen MR) is 95.4 cm³/mol. The van der Waals surface area contributed by atoms with Gasteiger partial charge in [0.1, 0.15) is 0 Å². The Morgan fingerprint density at radius 3 is 2.50 bits per heavy atom. The van der Waals surface area contributed by atoms with E-state index in [-0.39, 0.29) is 16.7 Å². The number of non-ortho nitro benzene ring substituents is 1. The van der Waals surface area contributed by atoms with E-state index >= 15 is 0 Å². The molecule has 4 nitrogen and oxygen atoms in total. The van der Waals surface area contributed by atoms with Gasteiger partial charge < -0.3 is 5.32 Å². The van der Waals surface area contributed by atoms with Crippen LogP contribution >= 0.6 is 0 Å². The third-order valence-electron chi connectivity index (χ3n) is 5.41. The third kappa shape index (κ3) is 2.21. The van der Waals surface area contributed by atoms with Crippen LogP contribution in [0.25, 0.3) is 0 Å². The number of benzene rings is 2. The number of fused-ring (bicyclic) bond motifs is 3. The lowest BCUT2D eigenvalue weighted by Gasteiger charge is -2.39. The van der Waals surface area contributed by atoms with Crippen molar-refractivity contribution < 1.29 is 4.92 Å². The summed E-state index contributed by atoms with van der Waals surface area (Å²) in [5, 5.41) is 14.6.